The van der Waals surface area contributed by atoms with Crippen LogP contribution in [0.15, 0.2) is 48.5 Å². The van der Waals surface area contributed by atoms with Gasteiger partial charge in [0.05, 0.1) is 16.1 Å². The molecule has 1 heterocycles. The highest BCUT2D eigenvalue weighted by Crippen LogP contribution is 2.32. The van der Waals surface area contributed by atoms with E-state index in [-0.39, 0.29) is 30.9 Å². The zero-order chi connectivity index (χ0) is 14.7. The summed E-state index contributed by atoms with van der Waals surface area (Å²) in [7, 11) is 0. The van der Waals surface area contributed by atoms with Gasteiger partial charge in [0.25, 0.3) is 0 Å². The lowest BCUT2D eigenvalue weighted by Crippen LogP contribution is -2.45. The molecular weight excluding hydrogens is 374 g/mol. The number of hydrogen-bond acceptors (Lipinski definition) is 2. The van der Waals surface area contributed by atoms with E-state index in [2.05, 4.69) is 40.5 Å². The molecule has 2 aromatic rings. The van der Waals surface area contributed by atoms with E-state index >= 15 is 0 Å². The highest BCUT2D eigenvalue weighted by atomic mass is 35.5. The van der Waals surface area contributed by atoms with Crippen molar-refractivity contribution in [2.24, 2.45) is 0 Å². The van der Waals surface area contributed by atoms with Crippen molar-refractivity contribution in [3.63, 3.8) is 0 Å². The molecule has 1 N–H and O–H groups in total. The molecule has 1 saturated heterocycles. The quantitative estimate of drug-likeness (QED) is 0.803. The van der Waals surface area contributed by atoms with Crippen LogP contribution >= 0.6 is 48.0 Å². The van der Waals surface area contributed by atoms with Gasteiger partial charge in [-0.25, -0.2) is 0 Å². The molecule has 0 amide bonds. The first-order valence-electron chi connectivity index (χ1n) is 7.20. The number of nitrogens with zero attached hydrogens (tertiary/aromatic N) is 1. The fourth-order valence-corrected chi connectivity index (χ4v) is 3.18. The van der Waals surface area contributed by atoms with Crippen molar-refractivity contribution in [1.29, 1.82) is 0 Å². The summed E-state index contributed by atoms with van der Waals surface area (Å²) in [6, 6.07) is 16.7. The number of nitrogens with one attached hydrogen (secondary N) is 1. The molecule has 23 heavy (non-hydrogen) atoms. The molecule has 2 nitrogen and oxygen atoms in total. The topological polar surface area (TPSA) is 15.3 Å². The van der Waals surface area contributed by atoms with Crippen LogP contribution in [0.2, 0.25) is 10.0 Å². The van der Waals surface area contributed by atoms with E-state index in [0.29, 0.717) is 10.0 Å². The first kappa shape index (κ1) is 20.6. The number of hydrogen-bond donors (Lipinski definition) is 1. The molecule has 0 bridgehead atoms. The molecule has 1 atom stereocenters. The van der Waals surface area contributed by atoms with E-state index in [4.69, 9.17) is 23.2 Å². The van der Waals surface area contributed by atoms with Crippen molar-refractivity contribution < 1.29 is 0 Å². The van der Waals surface area contributed by atoms with Crippen LogP contribution < -0.4 is 5.32 Å². The van der Waals surface area contributed by atoms with E-state index in [1.807, 2.05) is 18.2 Å². The Kier molecular flexibility index (Phi) is 8.70. The predicted octanol–water partition coefficient (Wildman–Crippen LogP) is 4.83. The van der Waals surface area contributed by atoms with Gasteiger partial charge in [0.15, 0.2) is 0 Å². The lowest BCUT2D eigenvalue weighted by atomic mass is 9.96. The summed E-state index contributed by atoms with van der Waals surface area (Å²) in [4.78, 5) is 2.49. The van der Waals surface area contributed by atoms with Gasteiger partial charge in [0, 0.05) is 26.2 Å². The molecule has 0 saturated carbocycles. The highest BCUT2D eigenvalue weighted by molar-refractivity contribution is 6.42. The Hall–Kier alpha value is -0.480. The normalized spacial score (nSPS) is 16.1. The van der Waals surface area contributed by atoms with Crippen LogP contribution in [-0.2, 0) is 0 Å². The molecule has 1 unspecified atom stereocenters. The largest absolute Gasteiger partial charge is 0.314 e. The maximum absolute atomic E-state index is 6.22. The maximum atomic E-state index is 6.22. The SMILES string of the molecule is Cl.Cl.Clc1ccc(C(c2ccccc2)N2CCNCC2)cc1Cl. The minimum atomic E-state index is 0. The van der Waals surface area contributed by atoms with Gasteiger partial charge in [-0.3, -0.25) is 4.90 Å². The third kappa shape index (κ3) is 4.99. The second-order valence-corrected chi connectivity index (χ2v) is 6.09. The van der Waals surface area contributed by atoms with Gasteiger partial charge in [-0.05, 0) is 23.3 Å². The van der Waals surface area contributed by atoms with Crippen molar-refractivity contribution in [2.75, 3.05) is 26.2 Å². The van der Waals surface area contributed by atoms with Crippen LogP contribution in [0.1, 0.15) is 17.2 Å². The summed E-state index contributed by atoms with van der Waals surface area (Å²) in [5, 5.41) is 4.62. The summed E-state index contributed by atoms with van der Waals surface area (Å²) in [5.41, 5.74) is 2.48. The van der Waals surface area contributed by atoms with Gasteiger partial charge in [0.2, 0.25) is 0 Å². The molecule has 0 radical (unpaired) electrons. The summed E-state index contributed by atoms with van der Waals surface area (Å²) >= 11 is 12.3. The van der Waals surface area contributed by atoms with Gasteiger partial charge in [-0.2, -0.15) is 0 Å². The highest BCUT2D eigenvalue weighted by Gasteiger charge is 2.24. The Balaban J connectivity index is 0.00000132. The lowest BCUT2D eigenvalue weighted by molar-refractivity contribution is 0.198. The molecule has 3 rings (SSSR count). The van der Waals surface area contributed by atoms with Crippen LogP contribution in [0.3, 0.4) is 0 Å². The van der Waals surface area contributed by atoms with Crippen molar-refractivity contribution in [1.82, 2.24) is 10.2 Å². The zero-order valence-electron chi connectivity index (χ0n) is 12.5. The minimum absolute atomic E-state index is 0. The number of rotatable bonds is 3. The Labute approximate surface area is 160 Å². The summed E-state index contributed by atoms with van der Waals surface area (Å²) < 4.78 is 0. The van der Waals surface area contributed by atoms with Crippen LogP contribution in [0.4, 0.5) is 0 Å². The van der Waals surface area contributed by atoms with E-state index in [1.165, 1.54) is 11.1 Å². The Bertz CT molecular complexity index is 601. The monoisotopic (exact) mass is 392 g/mol. The Morgan fingerprint density at radius 1 is 0.826 bits per heavy atom. The molecular formula is C17H20Cl4N2. The zero-order valence-corrected chi connectivity index (χ0v) is 15.7. The van der Waals surface area contributed by atoms with Crippen molar-refractivity contribution in [3.8, 4) is 0 Å². The number of halogens is 4. The van der Waals surface area contributed by atoms with Gasteiger partial charge in [0.1, 0.15) is 0 Å². The predicted molar refractivity (Wildman–Crippen MR) is 104 cm³/mol. The number of benzene rings is 2. The third-order valence-electron chi connectivity index (χ3n) is 3.89. The van der Waals surface area contributed by atoms with Gasteiger partial charge >= 0.3 is 0 Å². The molecule has 2 aromatic carbocycles. The summed E-state index contributed by atoms with van der Waals surface area (Å²) in [5.74, 6) is 0. The lowest BCUT2D eigenvalue weighted by Gasteiger charge is -2.35. The van der Waals surface area contributed by atoms with Gasteiger partial charge < -0.3 is 5.32 Å². The van der Waals surface area contributed by atoms with Gasteiger partial charge in [-0.15, -0.1) is 24.8 Å². The Morgan fingerprint density at radius 2 is 1.48 bits per heavy atom. The molecule has 0 spiro atoms. The molecule has 1 aliphatic heterocycles. The molecule has 0 aromatic heterocycles. The van der Waals surface area contributed by atoms with E-state index in [1.54, 1.807) is 0 Å². The molecule has 6 heteroatoms. The van der Waals surface area contributed by atoms with Crippen LogP contribution in [0.5, 0.6) is 0 Å². The van der Waals surface area contributed by atoms with E-state index in [9.17, 15) is 0 Å². The van der Waals surface area contributed by atoms with E-state index in [0.717, 1.165) is 26.2 Å². The average Bonchev–Trinajstić information content (AvgIpc) is 2.53. The fraction of sp³-hybridized carbons (Fsp3) is 0.294. The van der Waals surface area contributed by atoms with E-state index < -0.39 is 0 Å². The molecule has 0 aliphatic carbocycles. The molecule has 126 valence electrons. The second-order valence-electron chi connectivity index (χ2n) is 5.27. The first-order valence-corrected chi connectivity index (χ1v) is 7.96. The smallest absolute Gasteiger partial charge is 0.0603 e. The van der Waals surface area contributed by atoms with Crippen LogP contribution in [0.25, 0.3) is 0 Å². The average molecular weight is 394 g/mol. The number of piperazine rings is 1. The second kappa shape index (κ2) is 9.73. The van der Waals surface area contributed by atoms with Crippen LogP contribution in [0, 0.1) is 0 Å². The summed E-state index contributed by atoms with van der Waals surface area (Å²) in [6.07, 6.45) is 0. The van der Waals surface area contributed by atoms with Crippen molar-refractivity contribution in [2.45, 2.75) is 6.04 Å². The standard InChI is InChI=1S/C17H18Cl2N2.2ClH/c18-15-7-6-14(12-16(15)19)17(13-4-2-1-3-5-13)21-10-8-20-9-11-21;;/h1-7,12,17,20H,8-11H2;2*1H. The first-order chi connectivity index (χ1) is 10.3. The molecule has 1 fully saturated rings. The fourth-order valence-electron chi connectivity index (χ4n) is 2.87. The third-order valence-corrected chi connectivity index (χ3v) is 4.63. The minimum Gasteiger partial charge on any atom is -0.314 e. The Morgan fingerprint density at radius 3 is 2.09 bits per heavy atom. The molecule has 1 aliphatic rings. The van der Waals surface area contributed by atoms with Crippen LogP contribution in [-0.4, -0.2) is 31.1 Å². The van der Waals surface area contributed by atoms with Gasteiger partial charge in [-0.1, -0.05) is 59.6 Å². The van der Waals surface area contributed by atoms with Crippen molar-refractivity contribution in [3.05, 3.63) is 69.7 Å². The van der Waals surface area contributed by atoms with Crippen molar-refractivity contribution >= 4 is 48.0 Å². The maximum Gasteiger partial charge on any atom is 0.0603 e. The summed E-state index contributed by atoms with van der Waals surface area (Å²) in [6.45, 7) is 4.09.